The third-order valence-electron chi connectivity index (χ3n) is 3.94. The van der Waals surface area contributed by atoms with Crippen LogP contribution in [0.3, 0.4) is 0 Å². The van der Waals surface area contributed by atoms with Gasteiger partial charge in [0.2, 0.25) is 0 Å². The highest BCUT2D eigenvalue weighted by Crippen LogP contribution is 2.34. The number of hydrogen-bond donors (Lipinski definition) is 1. The summed E-state index contributed by atoms with van der Waals surface area (Å²) in [6.07, 6.45) is 4.98. The Morgan fingerprint density at radius 1 is 1.24 bits per heavy atom. The second-order valence-corrected chi connectivity index (χ2v) is 6.43. The molecule has 3 rings (SSSR count). The molecule has 0 amide bonds. The minimum atomic E-state index is -0.416. The molecule has 1 aromatic heterocycles. The first-order valence-corrected chi connectivity index (χ1v) is 8.48. The first-order valence-electron chi connectivity index (χ1n) is 7.66. The molecule has 2 heterocycles. The number of benzene rings is 1. The second-order valence-electron chi connectivity index (χ2n) is 5.43. The van der Waals surface area contributed by atoms with Gasteiger partial charge in [-0.2, -0.15) is 0 Å². The molecule has 0 spiro atoms. The summed E-state index contributed by atoms with van der Waals surface area (Å²) in [6, 6.07) is 8.03. The van der Waals surface area contributed by atoms with E-state index >= 15 is 0 Å². The standard InChI is InChI=1S/C16H21N3OS/c1-2-13(20)12-8-5-6-9-14(12)21-16-18-17-15-10-4-3-7-11-19(15)16/h5-6,8-9,13,20H,2-4,7,10-11H2,1H3. The van der Waals surface area contributed by atoms with Gasteiger partial charge in [-0.15, -0.1) is 10.2 Å². The Balaban J connectivity index is 1.89. The lowest BCUT2D eigenvalue weighted by molar-refractivity contribution is 0.171. The van der Waals surface area contributed by atoms with E-state index in [0.717, 1.165) is 40.8 Å². The maximum atomic E-state index is 10.2. The zero-order valence-electron chi connectivity index (χ0n) is 12.3. The minimum Gasteiger partial charge on any atom is -0.388 e. The highest BCUT2D eigenvalue weighted by Gasteiger charge is 2.18. The minimum absolute atomic E-state index is 0.416. The molecule has 0 radical (unpaired) electrons. The summed E-state index contributed by atoms with van der Waals surface area (Å²) in [5.74, 6) is 1.10. The topological polar surface area (TPSA) is 50.9 Å². The molecule has 21 heavy (non-hydrogen) atoms. The van der Waals surface area contributed by atoms with Crippen LogP contribution >= 0.6 is 11.8 Å². The van der Waals surface area contributed by atoms with Gasteiger partial charge < -0.3 is 9.67 Å². The lowest BCUT2D eigenvalue weighted by Gasteiger charge is -2.13. The molecule has 1 aliphatic heterocycles. The van der Waals surface area contributed by atoms with E-state index in [0.29, 0.717) is 0 Å². The number of aromatic nitrogens is 3. The van der Waals surface area contributed by atoms with Gasteiger partial charge in [0.25, 0.3) is 0 Å². The van der Waals surface area contributed by atoms with Gasteiger partial charge in [-0.05, 0) is 42.7 Å². The van der Waals surface area contributed by atoms with Gasteiger partial charge in [0.1, 0.15) is 5.82 Å². The molecule has 0 fully saturated rings. The quantitative estimate of drug-likeness (QED) is 0.937. The summed E-state index contributed by atoms with van der Waals surface area (Å²) in [5, 5.41) is 19.8. The zero-order valence-corrected chi connectivity index (χ0v) is 13.1. The zero-order chi connectivity index (χ0) is 14.7. The third kappa shape index (κ3) is 3.14. The van der Waals surface area contributed by atoms with Crippen molar-refractivity contribution in [3.63, 3.8) is 0 Å². The van der Waals surface area contributed by atoms with Gasteiger partial charge in [-0.3, -0.25) is 0 Å². The van der Waals surface area contributed by atoms with Gasteiger partial charge in [0.15, 0.2) is 5.16 Å². The number of nitrogens with zero attached hydrogens (tertiary/aromatic N) is 3. The van der Waals surface area contributed by atoms with Gasteiger partial charge in [-0.1, -0.05) is 31.5 Å². The molecule has 0 saturated heterocycles. The van der Waals surface area contributed by atoms with E-state index in [1.54, 1.807) is 11.8 Å². The number of rotatable bonds is 4. The molecule has 1 unspecified atom stereocenters. The Bertz CT molecular complexity index is 611. The number of fused-ring (bicyclic) bond motifs is 1. The van der Waals surface area contributed by atoms with Crippen LogP contribution < -0.4 is 0 Å². The molecule has 112 valence electrons. The van der Waals surface area contributed by atoms with Crippen LogP contribution in [0.4, 0.5) is 0 Å². The first kappa shape index (κ1) is 14.6. The molecule has 5 heteroatoms. The summed E-state index contributed by atoms with van der Waals surface area (Å²) in [4.78, 5) is 1.08. The molecule has 1 N–H and O–H groups in total. The van der Waals surface area contributed by atoms with E-state index in [9.17, 15) is 5.11 Å². The number of aryl methyl sites for hydroxylation is 1. The van der Waals surface area contributed by atoms with Crippen molar-refractivity contribution in [2.45, 2.75) is 61.7 Å². The molecule has 2 aromatic rings. The summed E-state index contributed by atoms with van der Waals surface area (Å²) in [5.41, 5.74) is 0.982. The Morgan fingerprint density at radius 3 is 2.95 bits per heavy atom. The fourth-order valence-electron chi connectivity index (χ4n) is 2.70. The van der Waals surface area contributed by atoms with E-state index in [1.807, 2.05) is 25.1 Å². The van der Waals surface area contributed by atoms with Crippen LogP contribution in [-0.2, 0) is 13.0 Å². The maximum absolute atomic E-state index is 10.2. The van der Waals surface area contributed by atoms with Crippen LogP contribution in [0.25, 0.3) is 0 Å². The highest BCUT2D eigenvalue weighted by molar-refractivity contribution is 7.99. The molecule has 0 aliphatic carbocycles. The van der Waals surface area contributed by atoms with Gasteiger partial charge in [-0.25, -0.2) is 0 Å². The van der Waals surface area contributed by atoms with Crippen molar-refractivity contribution in [2.24, 2.45) is 0 Å². The van der Waals surface area contributed by atoms with E-state index < -0.39 is 6.10 Å². The fraction of sp³-hybridized carbons (Fsp3) is 0.500. The van der Waals surface area contributed by atoms with Crippen LogP contribution in [0.1, 0.15) is 50.1 Å². The fourth-order valence-corrected chi connectivity index (χ4v) is 3.75. The monoisotopic (exact) mass is 303 g/mol. The highest BCUT2D eigenvalue weighted by atomic mass is 32.2. The Hall–Kier alpha value is -1.33. The Morgan fingerprint density at radius 2 is 2.10 bits per heavy atom. The van der Waals surface area contributed by atoms with Gasteiger partial charge in [0.05, 0.1) is 6.10 Å². The molecule has 0 bridgehead atoms. The molecule has 1 aliphatic rings. The van der Waals surface area contributed by atoms with E-state index in [-0.39, 0.29) is 0 Å². The predicted octanol–water partition coefficient (Wildman–Crippen LogP) is 3.60. The normalized spacial score (nSPS) is 16.3. The largest absolute Gasteiger partial charge is 0.388 e. The molecule has 0 saturated carbocycles. The van der Waals surface area contributed by atoms with Crippen LogP contribution in [0.15, 0.2) is 34.3 Å². The average molecular weight is 303 g/mol. The summed E-state index contributed by atoms with van der Waals surface area (Å²) in [6.45, 7) is 3.00. The molecular formula is C16H21N3OS. The van der Waals surface area contributed by atoms with Crippen molar-refractivity contribution in [1.29, 1.82) is 0 Å². The maximum Gasteiger partial charge on any atom is 0.196 e. The second kappa shape index (κ2) is 6.62. The smallest absolute Gasteiger partial charge is 0.196 e. The predicted molar refractivity (Wildman–Crippen MR) is 83.4 cm³/mol. The number of aliphatic hydroxyl groups is 1. The summed E-state index contributed by atoms with van der Waals surface area (Å²) < 4.78 is 2.24. The van der Waals surface area contributed by atoms with E-state index in [2.05, 4.69) is 20.8 Å². The number of hydrogen-bond acceptors (Lipinski definition) is 4. The van der Waals surface area contributed by atoms with Crippen molar-refractivity contribution in [2.75, 3.05) is 0 Å². The Kier molecular flexibility index (Phi) is 4.60. The van der Waals surface area contributed by atoms with Crippen molar-refractivity contribution >= 4 is 11.8 Å². The summed E-state index contributed by atoms with van der Waals surface area (Å²) in [7, 11) is 0. The van der Waals surface area contributed by atoms with Crippen LogP contribution in [0.2, 0.25) is 0 Å². The third-order valence-corrected chi connectivity index (χ3v) is 5.02. The molecular weight excluding hydrogens is 282 g/mol. The number of aliphatic hydroxyl groups excluding tert-OH is 1. The van der Waals surface area contributed by atoms with Crippen molar-refractivity contribution < 1.29 is 5.11 Å². The Labute approximate surface area is 129 Å². The van der Waals surface area contributed by atoms with Gasteiger partial charge >= 0.3 is 0 Å². The van der Waals surface area contributed by atoms with Crippen LogP contribution in [0.5, 0.6) is 0 Å². The van der Waals surface area contributed by atoms with E-state index in [1.165, 1.54) is 19.3 Å². The molecule has 1 aromatic carbocycles. The van der Waals surface area contributed by atoms with Crippen molar-refractivity contribution in [3.05, 3.63) is 35.7 Å². The van der Waals surface area contributed by atoms with Gasteiger partial charge in [0, 0.05) is 17.9 Å². The SMILES string of the molecule is CCC(O)c1ccccc1Sc1nnc2n1CCCCC2. The van der Waals surface area contributed by atoms with Crippen LogP contribution in [-0.4, -0.2) is 19.9 Å². The molecule has 1 atom stereocenters. The first-order chi connectivity index (χ1) is 10.3. The van der Waals surface area contributed by atoms with Crippen molar-refractivity contribution in [3.8, 4) is 0 Å². The average Bonchev–Trinajstić information content (AvgIpc) is 2.74. The van der Waals surface area contributed by atoms with Crippen molar-refractivity contribution in [1.82, 2.24) is 14.8 Å². The van der Waals surface area contributed by atoms with E-state index in [4.69, 9.17) is 0 Å². The lowest BCUT2D eigenvalue weighted by atomic mass is 10.1. The molecule has 4 nitrogen and oxygen atoms in total. The lowest BCUT2D eigenvalue weighted by Crippen LogP contribution is -2.03. The summed E-state index contributed by atoms with van der Waals surface area (Å²) >= 11 is 1.62. The van der Waals surface area contributed by atoms with Crippen LogP contribution in [0, 0.1) is 0 Å².